The predicted octanol–water partition coefficient (Wildman–Crippen LogP) is 25.3. The molecule has 0 aliphatic carbocycles. The molecule has 11 rings (SSSR count). The number of ketones is 2. The Balaban J connectivity index is 0.000000287. The van der Waals surface area contributed by atoms with E-state index in [1.54, 1.807) is 0 Å². The van der Waals surface area contributed by atoms with Gasteiger partial charge in [0.2, 0.25) is 0 Å². The molecular weight excluding hydrogens is 2080 g/mol. The maximum Gasteiger partial charge on any atom is 0.573 e. The molecular formula is C84H76F28IN7O18Si. The van der Waals surface area contributed by atoms with Gasteiger partial charge >= 0.3 is 62.8 Å². The van der Waals surface area contributed by atoms with Crippen molar-refractivity contribution in [1.82, 2.24) is 18.7 Å². The van der Waals surface area contributed by atoms with Gasteiger partial charge in [-0.05, 0) is 154 Å². The van der Waals surface area contributed by atoms with Gasteiger partial charge in [0, 0.05) is 93.7 Å². The molecule has 11 aromatic rings. The Morgan fingerprint density at radius 1 is 0.396 bits per heavy atom. The topological polar surface area (TPSA) is 272 Å². The van der Waals surface area contributed by atoms with Crippen LogP contribution < -0.4 is 49.1 Å². The van der Waals surface area contributed by atoms with Crippen molar-refractivity contribution < 1.29 is 208 Å². The lowest BCUT2D eigenvalue weighted by Gasteiger charge is -2.15. The van der Waals surface area contributed by atoms with Crippen LogP contribution in [0.3, 0.4) is 0 Å². The van der Waals surface area contributed by atoms with Crippen molar-refractivity contribution in [3.63, 3.8) is 0 Å². The zero-order chi connectivity index (χ0) is 105. The number of anilines is 3. The van der Waals surface area contributed by atoms with Crippen LogP contribution in [0.2, 0.25) is 19.6 Å². The minimum absolute atomic E-state index is 0.00301. The molecule has 0 saturated heterocycles. The van der Waals surface area contributed by atoms with Crippen molar-refractivity contribution in [2.75, 3.05) is 76.9 Å². The van der Waals surface area contributed by atoms with Gasteiger partial charge in [-0.1, -0.05) is 25.6 Å². The Kier molecular flexibility index (Phi) is 42.2. The summed E-state index contributed by atoms with van der Waals surface area (Å²) < 4.78 is 412. The van der Waals surface area contributed by atoms with Crippen molar-refractivity contribution in [3.05, 3.63) is 189 Å². The second-order valence-electron chi connectivity index (χ2n) is 27.8. The number of nitrogens with one attached hydrogen (secondary N) is 4. The number of alkyl halides is 21. The number of methoxy groups -OCH3 is 3. The SMILES string of the molecule is CCOC(=O)Nc1c(F)ccc(OC(F)(F)F)c1C#C[Si](C)(C)C.CCOC(=O)Nc1c(F)ccc(OC(F)(F)F)c1I.CCOC(=O)Nc1cc(OC(F)(F)F)ccc1F.COCCn1cc(C(C)=O)c2c(OC(F)(F)F)ccc(F)c21.COCCn1cc(C(C)=O)c2c(OC(F)(F)F)ccc(F)c21.COCCn1ccc2c(OC(F)(F)F)ccc(F)c21.Fc1ccc(OC(F)(F)F)c2cc[nH]c12. The molecule has 4 aromatic heterocycles. The Hall–Kier alpha value is -13.1. The highest BCUT2D eigenvalue weighted by atomic mass is 127. The molecule has 55 heteroatoms. The van der Waals surface area contributed by atoms with E-state index in [1.165, 1.54) is 129 Å². The standard InChI is InChI=1S/C15H17F4NO3Si.2C14H13F4NO3.C12H11F4NO2.C10H8F4INO3.C10H9F4NO3.C9H5F4NO/c1-5-22-14(21)20-13-10(8-9-24(2,3)4)12(7-6-11(13)16)23-15(17,18)19;2*1-8(20)9-7-19(5-6-21-2)13-10(15)3-4-11(12(9)13)22-14(16,17)18;1-18-7-6-17-5-4-8-10(19-12(14,15)16)3-2-9(13)11(8)17;1-2-18-9(17)16-8-5(11)3-4-6(7(8)15)19-10(12,13)14;1-2-17-9(16)15-8-5-6(3-4-7(8)11)18-10(12,13)14;10-6-1-2-7(15-9(11,12)13)5-3-4-14-8(5)6/h6-7H,5H2,1-4H3,(H,20,21);2*3-4,7H,5-6H2,1-2H3;2-5H,6-7H2,1H3;3-4H,2H2,1H3,(H,16,17);3-5H,2H2,1H3,(H,15,16);1-4,14H. The largest absolute Gasteiger partial charge is 0.573 e. The molecule has 7 aromatic carbocycles. The second kappa shape index (κ2) is 50.5. The van der Waals surface area contributed by atoms with Gasteiger partial charge < -0.3 is 80.3 Å². The molecule has 762 valence electrons. The number of benzene rings is 7. The zero-order valence-electron chi connectivity index (χ0n) is 73.1. The van der Waals surface area contributed by atoms with E-state index in [2.05, 4.69) is 69.1 Å². The lowest BCUT2D eigenvalue weighted by atomic mass is 10.1. The zero-order valence-corrected chi connectivity index (χ0v) is 76.3. The smallest absolute Gasteiger partial charge is 0.450 e. The number of H-pyrrole nitrogens is 1. The van der Waals surface area contributed by atoms with Crippen molar-refractivity contribution in [2.24, 2.45) is 0 Å². The second-order valence-corrected chi connectivity index (χ2v) is 33.6. The fourth-order valence-electron chi connectivity index (χ4n) is 11.3. The number of amides is 3. The molecule has 0 radical (unpaired) electrons. The molecule has 0 spiro atoms. The Morgan fingerprint density at radius 2 is 0.741 bits per heavy atom. The Bertz CT molecular complexity index is 5970. The molecule has 0 fully saturated rings. The van der Waals surface area contributed by atoms with Crippen LogP contribution in [0.1, 0.15) is 60.9 Å². The Morgan fingerprint density at radius 3 is 1.16 bits per heavy atom. The first-order valence-electron chi connectivity index (χ1n) is 38.8. The van der Waals surface area contributed by atoms with Crippen LogP contribution in [0.4, 0.5) is 154 Å². The highest BCUT2D eigenvalue weighted by Crippen LogP contribution is 2.42. The van der Waals surface area contributed by atoms with Crippen LogP contribution in [0.15, 0.2) is 128 Å². The minimum Gasteiger partial charge on any atom is -0.450 e. The first kappa shape index (κ1) is 116. The van der Waals surface area contributed by atoms with Gasteiger partial charge in [0.25, 0.3) is 0 Å². The predicted molar refractivity (Wildman–Crippen MR) is 450 cm³/mol. The monoisotopic (exact) mass is 2160 g/mol. The number of rotatable bonds is 24. The van der Waals surface area contributed by atoms with Crippen LogP contribution in [0, 0.1) is 55.8 Å². The van der Waals surface area contributed by atoms with Gasteiger partial charge in [0.1, 0.15) is 89.0 Å². The number of carbonyl (C=O) groups excluding carboxylic acids is 5. The van der Waals surface area contributed by atoms with Crippen LogP contribution in [0.5, 0.6) is 40.2 Å². The fourth-order valence-corrected chi connectivity index (χ4v) is 12.5. The maximum atomic E-state index is 14.1. The van der Waals surface area contributed by atoms with Crippen LogP contribution in [-0.2, 0) is 48.1 Å². The number of halogens is 29. The lowest BCUT2D eigenvalue weighted by molar-refractivity contribution is -0.275. The first-order chi connectivity index (χ1) is 64.4. The van der Waals surface area contributed by atoms with E-state index >= 15 is 0 Å². The van der Waals surface area contributed by atoms with Crippen LogP contribution in [-0.4, -0.2) is 162 Å². The van der Waals surface area contributed by atoms with E-state index < -0.39 is 180 Å². The van der Waals surface area contributed by atoms with E-state index in [9.17, 15) is 147 Å². The lowest BCUT2D eigenvalue weighted by Crippen LogP contribution is -2.20. The van der Waals surface area contributed by atoms with E-state index in [0.717, 1.165) is 84.9 Å². The molecule has 139 heavy (non-hydrogen) atoms. The van der Waals surface area contributed by atoms with Gasteiger partial charge in [0.05, 0.1) is 98.7 Å². The highest BCUT2D eigenvalue weighted by molar-refractivity contribution is 14.1. The van der Waals surface area contributed by atoms with E-state index in [0.29, 0.717) is 19.2 Å². The number of hydrogen-bond acceptors (Lipinski definition) is 18. The summed E-state index contributed by atoms with van der Waals surface area (Å²) in [5, 5.41) is 5.79. The van der Waals surface area contributed by atoms with Gasteiger partial charge in [-0.2, -0.15) is 0 Å². The number of fused-ring (bicyclic) bond motifs is 4. The molecule has 0 aliphatic heterocycles. The van der Waals surface area contributed by atoms with Crippen molar-refractivity contribution in [3.8, 4) is 51.7 Å². The molecule has 0 bridgehead atoms. The van der Waals surface area contributed by atoms with Gasteiger partial charge in [-0.25, -0.2) is 45.1 Å². The number of Topliss-reactive ketones (excluding diaryl/α,β-unsaturated/α-hetero) is 2. The number of aromatic amines is 1. The third kappa shape index (κ3) is 38.0. The number of ether oxygens (including phenoxy) is 13. The van der Waals surface area contributed by atoms with E-state index in [4.69, 9.17) is 14.2 Å². The number of nitrogens with zero attached hydrogens (tertiary/aromatic N) is 3. The fraction of sp³-hybridized carbons (Fsp3) is 0.321. The molecule has 3 amide bonds. The first-order valence-corrected chi connectivity index (χ1v) is 43.3. The number of hydrogen-bond donors (Lipinski definition) is 4. The van der Waals surface area contributed by atoms with E-state index in [-0.39, 0.29) is 110 Å². The molecule has 0 aliphatic rings. The molecule has 0 atom stereocenters. The van der Waals surface area contributed by atoms with Crippen molar-refractivity contribution in [2.45, 2.75) is 118 Å². The van der Waals surface area contributed by atoms with Crippen molar-refractivity contribution >= 4 is 121 Å². The van der Waals surface area contributed by atoms with Gasteiger partial charge in [-0.3, -0.25) is 25.5 Å². The molecule has 4 N–H and O–H groups in total. The van der Waals surface area contributed by atoms with Crippen LogP contribution >= 0.6 is 22.6 Å². The third-order valence-corrected chi connectivity index (χ3v) is 18.4. The van der Waals surface area contributed by atoms with Crippen molar-refractivity contribution in [1.29, 1.82) is 0 Å². The summed E-state index contributed by atoms with van der Waals surface area (Å²) in [6.45, 7) is 14.1. The average molecular weight is 2160 g/mol. The summed E-state index contributed by atoms with van der Waals surface area (Å²) in [4.78, 5) is 59.5. The highest BCUT2D eigenvalue weighted by Gasteiger charge is 2.40. The number of aromatic nitrogens is 4. The van der Waals surface area contributed by atoms with Gasteiger partial charge in [-0.15, -0.1) is 97.7 Å². The van der Waals surface area contributed by atoms with E-state index in [1.807, 2.05) is 30.3 Å². The molecule has 0 unspecified atom stereocenters. The average Bonchev–Trinajstić information content (AvgIpc) is 1.61. The quantitative estimate of drug-likeness (QED) is 0.0109. The minimum atomic E-state index is -4.98. The summed E-state index contributed by atoms with van der Waals surface area (Å²) in [7, 11) is 2.38. The summed E-state index contributed by atoms with van der Waals surface area (Å²) >= 11 is 1.43. The summed E-state index contributed by atoms with van der Waals surface area (Å²) in [5.74, 6) is -7.92. The normalized spacial score (nSPS) is 11.6. The number of carbonyl (C=O) groups is 5. The summed E-state index contributed by atoms with van der Waals surface area (Å²) in [6, 6.07) is 15.3. The molecule has 0 saturated carbocycles. The molecule has 25 nitrogen and oxygen atoms in total. The Labute approximate surface area is 781 Å². The third-order valence-electron chi connectivity index (χ3n) is 16.5. The summed E-state index contributed by atoms with van der Waals surface area (Å²) in [5.41, 5.74) is 0.776. The van der Waals surface area contributed by atoms with Gasteiger partial charge in [0.15, 0.2) is 11.6 Å². The molecule has 4 heterocycles. The van der Waals surface area contributed by atoms with Crippen LogP contribution in [0.25, 0.3) is 43.6 Å². The maximum absolute atomic E-state index is 14.1. The summed E-state index contributed by atoms with van der Waals surface area (Å²) in [6.07, 6.45) is -31.7.